The van der Waals surface area contributed by atoms with Crippen molar-refractivity contribution < 1.29 is 4.79 Å². The molecule has 0 aromatic carbocycles. The van der Waals surface area contributed by atoms with Crippen molar-refractivity contribution in [1.82, 2.24) is 30.4 Å². The van der Waals surface area contributed by atoms with Gasteiger partial charge in [0.15, 0.2) is 0 Å². The number of thiophene rings is 1. The third-order valence-corrected chi connectivity index (χ3v) is 4.36. The summed E-state index contributed by atoms with van der Waals surface area (Å²) in [5.41, 5.74) is 1.43. The van der Waals surface area contributed by atoms with Crippen LogP contribution in [0, 0.1) is 0 Å². The smallest absolute Gasteiger partial charge is 0.241 e. The van der Waals surface area contributed by atoms with Crippen molar-refractivity contribution in [3.05, 3.63) is 28.2 Å². The SMILES string of the molecule is O=C(Cn1cnnn1)NCCN1CCc2sccc2C1. The predicted octanol–water partition coefficient (Wildman–Crippen LogP) is -0.0909. The molecule has 2 aromatic heterocycles. The van der Waals surface area contributed by atoms with Crippen molar-refractivity contribution >= 4 is 17.2 Å². The zero-order chi connectivity index (χ0) is 13.8. The molecule has 7 nitrogen and oxygen atoms in total. The number of fused-ring (bicyclic) bond motifs is 1. The summed E-state index contributed by atoms with van der Waals surface area (Å²) in [5, 5.41) is 15.7. The Hall–Kier alpha value is -1.80. The Morgan fingerprint density at radius 1 is 1.50 bits per heavy atom. The van der Waals surface area contributed by atoms with Crippen LogP contribution in [0.25, 0.3) is 0 Å². The highest BCUT2D eigenvalue weighted by Crippen LogP contribution is 2.23. The van der Waals surface area contributed by atoms with Crippen molar-refractivity contribution in [2.45, 2.75) is 19.5 Å². The summed E-state index contributed by atoms with van der Waals surface area (Å²) in [4.78, 5) is 15.5. The van der Waals surface area contributed by atoms with Gasteiger partial charge in [0.25, 0.3) is 0 Å². The summed E-state index contributed by atoms with van der Waals surface area (Å²) < 4.78 is 1.41. The fourth-order valence-electron chi connectivity index (χ4n) is 2.31. The molecule has 0 spiro atoms. The molecule has 0 unspecified atom stereocenters. The molecular formula is C12H16N6OS. The lowest BCUT2D eigenvalue weighted by Crippen LogP contribution is -2.38. The van der Waals surface area contributed by atoms with E-state index in [4.69, 9.17) is 0 Å². The largest absolute Gasteiger partial charge is 0.353 e. The van der Waals surface area contributed by atoms with E-state index in [1.807, 2.05) is 11.3 Å². The maximum atomic E-state index is 11.7. The van der Waals surface area contributed by atoms with Crippen molar-refractivity contribution in [2.24, 2.45) is 0 Å². The van der Waals surface area contributed by atoms with Crippen LogP contribution in [0.1, 0.15) is 10.4 Å². The van der Waals surface area contributed by atoms with Crippen LogP contribution in [0.4, 0.5) is 0 Å². The van der Waals surface area contributed by atoms with Crippen molar-refractivity contribution in [2.75, 3.05) is 19.6 Å². The van der Waals surface area contributed by atoms with E-state index in [1.54, 1.807) is 0 Å². The van der Waals surface area contributed by atoms with Crippen molar-refractivity contribution in [3.63, 3.8) is 0 Å². The Bertz CT molecular complexity index is 566. The molecule has 3 rings (SSSR count). The number of nitrogens with zero attached hydrogens (tertiary/aromatic N) is 5. The van der Waals surface area contributed by atoms with Gasteiger partial charge >= 0.3 is 0 Å². The average molecular weight is 292 g/mol. The zero-order valence-corrected chi connectivity index (χ0v) is 11.8. The summed E-state index contributed by atoms with van der Waals surface area (Å²) in [6.45, 7) is 3.75. The average Bonchev–Trinajstić information content (AvgIpc) is 3.09. The molecule has 1 N–H and O–H groups in total. The van der Waals surface area contributed by atoms with Crippen molar-refractivity contribution in [3.8, 4) is 0 Å². The third kappa shape index (κ3) is 3.20. The molecule has 8 heteroatoms. The first-order chi connectivity index (χ1) is 9.81. The Morgan fingerprint density at radius 3 is 3.30 bits per heavy atom. The number of aromatic nitrogens is 4. The quantitative estimate of drug-likeness (QED) is 0.833. The normalized spacial score (nSPS) is 15.0. The van der Waals surface area contributed by atoms with E-state index in [-0.39, 0.29) is 12.5 Å². The Kier molecular flexibility index (Phi) is 4.03. The lowest BCUT2D eigenvalue weighted by Gasteiger charge is -2.26. The highest BCUT2D eigenvalue weighted by molar-refractivity contribution is 7.10. The lowest BCUT2D eigenvalue weighted by atomic mass is 10.1. The zero-order valence-electron chi connectivity index (χ0n) is 11.0. The summed E-state index contributed by atoms with van der Waals surface area (Å²) in [6, 6.07) is 2.20. The van der Waals surface area contributed by atoms with Crippen LogP contribution >= 0.6 is 11.3 Å². The molecule has 1 aliphatic rings. The molecule has 0 radical (unpaired) electrons. The Balaban J connectivity index is 1.39. The fraction of sp³-hybridized carbons (Fsp3) is 0.500. The van der Waals surface area contributed by atoms with Gasteiger partial charge in [0.2, 0.25) is 5.91 Å². The first kappa shape index (κ1) is 13.2. The van der Waals surface area contributed by atoms with Crippen LogP contribution in [-0.2, 0) is 24.3 Å². The molecule has 2 aromatic rings. The molecule has 0 bridgehead atoms. The standard InChI is InChI=1S/C12H16N6OS/c19-12(8-18-9-14-15-16-18)13-3-5-17-4-1-11-10(7-17)2-6-20-11/h2,6,9H,1,3-5,7-8H2,(H,13,19). The van der Waals surface area contributed by atoms with E-state index in [0.29, 0.717) is 6.54 Å². The maximum Gasteiger partial charge on any atom is 0.241 e. The lowest BCUT2D eigenvalue weighted by molar-refractivity contribution is -0.121. The topological polar surface area (TPSA) is 75.9 Å². The molecule has 106 valence electrons. The molecule has 20 heavy (non-hydrogen) atoms. The molecule has 3 heterocycles. The van der Waals surface area contributed by atoms with E-state index >= 15 is 0 Å². The van der Waals surface area contributed by atoms with Gasteiger partial charge in [0, 0.05) is 31.1 Å². The van der Waals surface area contributed by atoms with Crippen LogP contribution in [0.2, 0.25) is 0 Å². The number of rotatable bonds is 5. The minimum Gasteiger partial charge on any atom is -0.353 e. The molecular weight excluding hydrogens is 276 g/mol. The third-order valence-electron chi connectivity index (χ3n) is 3.33. The van der Waals surface area contributed by atoms with E-state index < -0.39 is 0 Å². The fourth-order valence-corrected chi connectivity index (χ4v) is 3.20. The van der Waals surface area contributed by atoms with Gasteiger partial charge in [-0.25, -0.2) is 4.68 Å². The van der Waals surface area contributed by atoms with Crippen LogP contribution in [-0.4, -0.2) is 50.6 Å². The maximum absolute atomic E-state index is 11.7. The number of hydrogen-bond acceptors (Lipinski definition) is 6. The number of nitrogens with one attached hydrogen (secondary N) is 1. The van der Waals surface area contributed by atoms with Gasteiger partial charge in [-0.05, 0) is 33.9 Å². The van der Waals surface area contributed by atoms with Crippen LogP contribution in [0.3, 0.4) is 0 Å². The highest BCUT2D eigenvalue weighted by Gasteiger charge is 2.16. The monoisotopic (exact) mass is 292 g/mol. The second-order valence-corrected chi connectivity index (χ2v) is 5.75. The molecule has 0 atom stereocenters. The number of tetrazole rings is 1. The molecule has 0 saturated carbocycles. The van der Waals surface area contributed by atoms with Gasteiger partial charge in [-0.15, -0.1) is 16.4 Å². The van der Waals surface area contributed by atoms with Gasteiger partial charge in [0.05, 0.1) is 0 Å². The second-order valence-electron chi connectivity index (χ2n) is 4.75. The molecule has 0 fully saturated rings. The van der Waals surface area contributed by atoms with Gasteiger partial charge in [-0.2, -0.15) is 0 Å². The van der Waals surface area contributed by atoms with Crippen LogP contribution in [0.5, 0.6) is 0 Å². The molecule has 1 amide bonds. The Labute approximate surface area is 120 Å². The molecule has 0 aliphatic carbocycles. The van der Waals surface area contributed by atoms with E-state index in [0.717, 1.165) is 26.1 Å². The number of hydrogen-bond donors (Lipinski definition) is 1. The summed E-state index contributed by atoms with van der Waals surface area (Å²) in [6.07, 6.45) is 2.55. The minimum atomic E-state index is -0.0643. The van der Waals surface area contributed by atoms with Gasteiger partial charge in [0.1, 0.15) is 12.9 Å². The second kappa shape index (κ2) is 6.10. The van der Waals surface area contributed by atoms with E-state index in [1.165, 1.54) is 21.4 Å². The summed E-state index contributed by atoms with van der Waals surface area (Å²) >= 11 is 1.84. The van der Waals surface area contributed by atoms with E-state index in [9.17, 15) is 4.79 Å². The van der Waals surface area contributed by atoms with Crippen LogP contribution in [0.15, 0.2) is 17.8 Å². The van der Waals surface area contributed by atoms with Crippen LogP contribution < -0.4 is 5.32 Å². The number of carbonyl (C=O) groups excluding carboxylic acids is 1. The van der Waals surface area contributed by atoms with Gasteiger partial charge in [-0.1, -0.05) is 0 Å². The summed E-state index contributed by atoms with van der Waals surface area (Å²) in [5.74, 6) is -0.0643. The highest BCUT2D eigenvalue weighted by atomic mass is 32.1. The van der Waals surface area contributed by atoms with E-state index in [2.05, 4.69) is 37.2 Å². The number of amides is 1. The predicted molar refractivity (Wildman–Crippen MR) is 74.1 cm³/mol. The van der Waals surface area contributed by atoms with Gasteiger partial charge < -0.3 is 5.32 Å². The molecule has 0 saturated heterocycles. The number of carbonyl (C=O) groups is 1. The minimum absolute atomic E-state index is 0.0643. The van der Waals surface area contributed by atoms with Gasteiger partial charge in [-0.3, -0.25) is 9.69 Å². The first-order valence-electron chi connectivity index (χ1n) is 6.56. The van der Waals surface area contributed by atoms with Crippen molar-refractivity contribution in [1.29, 1.82) is 0 Å². The molecule has 1 aliphatic heterocycles. The first-order valence-corrected chi connectivity index (χ1v) is 7.44. The Morgan fingerprint density at radius 2 is 2.45 bits per heavy atom. The summed E-state index contributed by atoms with van der Waals surface area (Å²) in [7, 11) is 0.